The van der Waals surface area contributed by atoms with Crippen molar-refractivity contribution in [3.8, 4) is 11.5 Å². The highest BCUT2D eigenvalue weighted by Gasteiger charge is 2.33. The molecule has 4 nitrogen and oxygen atoms in total. The van der Waals surface area contributed by atoms with Gasteiger partial charge in [0.2, 0.25) is 11.6 Å². The molecule has 1 N–H and O–H groups in total. The Kier molecular flexibility index (Phi) is 10.1. The number of rotatable bonds is 8. The zero-order chi connectivity index (χ0) is 32.4. The van der Waals surface area contributed by atoms with Gasteiger partial charge in [-0.1, -0.05) is 24.3 Å². The lowest BCUT2D eigenvalue weighted by Crippen LogP contribution is -2.26. The van der Waals surface area contributed by atoms with Crippen LogP contribution in [0.5, 0.6) is 11.5 Å². The van der Waals surface area contributed by atoms with Gasteiger partial charge >= 0.3 is 5.97 Å². The molecule has 45 heavy (non-hydrogen) atoms. The summed E-state index contributed by atoms with van der Waals surface area (Å²) in [4.78, 5) is 12.8. The Balaban J connectivity index is 1.18. The summed E-state index contributed by atoms with van der Waals surface area (Å²) in [5, 5.41) is 9.62. The number of carbonyl (C=O) groups is 1. The molecular weight excluding hydrogens is 598 g/mol. The summed E-state index contributed by atoms with van der Waals surface area (Å²) in [6, 6.07) is 8.35. The maximum atomic E-state index is 15.2. The van der Waals surface area contributed by atoms with Crippen LogP contribution in [0.1, 0.15) is 111 Å². The van der Waals surface area contributed by atoms with Crippen molar-refractivity contribution in [2.24, 2.45) is 5.92 Å². The minimum absolute atomic E-state index is 0.127. The quantitative estimate of drug-likeness (QED) is 0.153. The van der Waals surface area contributed by atoms with E-state index in [2.05, 4.69) is 0 Å². The molecule has 1 unspecified atom stereocenters. The van der Waals surface area contributed by atoms with Crippen molar-refractivity contribution in [3.05, 3.63) is 93.6 Å². The number of carbonyl (C=O) groups excluding carboxylic acids is 1. The Labute approximate surface area is 258 Å². The second-order valence-corrected chi connectivity index (χ2v) is 12.1. The molecule has 2 aliphatic rings. The molecule has 2 aliphatic carbocycles. The van der Waals surface area contributed by atoms with Gasteiger partial charge in [0, 0.05) is 5.56 Å². The first-order valence-electron chi connectivity index (χ1n) is 15.5. The normalized spacial score (nSPS) is 22.6. The average Bonchev–Trinajstić information content (AvgIpc) is 3.03. The van der Waals surface area contributed by atoms with Crippen molar-refractivity contribution in [1.82, 2.24) is 0 Å². The van der Waals surface area contributed by atoms with Crippen LogP contribution in [-0.4, -0.2) is 17.7 Å². The van der Waals surface area contributed by atoms with Gasteiger partial charge in [0.15, 0.2) is 34.8 Å². The predicted molar refractivity (Wildman–Crippen MR) is 155 cm³/mol. The maximum Gasteiger partial charge on any atom is 0.314 e. The molecule has 0 saturated heterocycles. The minimum atomic E-state index is -1.27. The number of halogens is 6. The first-order chi connectivity index (χ1) is 21.5. The summed E-state index contributed by atoms with van der Waals surface area (Å²) in [5.41, 5.74) is 0.431. The monoisotopic (exact) mass is 634 g/mol. The first-order valence-corrected chi connectivity index (χ1v) is 15.5. The van der Waals surface area contributed by atoms with E-state index in [1.807, 2.05) is 0 Å². The third-order valence-electron chi connectivity index (χ3n) is 9.36. The van der Waals surface area contributed by atoms with Crippen LogP contribution < -0.4 is 9.47 Å². The molecule has 10 heteroatoms. The van der Waals surface area contributed by atoms with E-state index >= 15 is 8.78 Å². The van der Waals surface area contributed by atoms with E-state index in [-0.39, 0.29) is 52.4 Å². The molecule has 0 bridgehead atoms. The van der Waals surface area contributed by atoms with Crippen molar-refractivity contribution in [2.75, 3.05) is 6.61 Å². The number of hydrogen-bond acceptors (Lipinski definition) is 4. The topological polar surface area (TPSA) is 55.8 Å². The van der Waals surface area contributed by atoms with Gasteiger partial charge in [-0.3, -0.25) is 4.79 Å². The van der Waals surface area contributed by atoms with Crippen molar-refractivity contribution in [3.63, 3.8) is 0 Å². The standard InChI is InChI=1S/C35H36F6O4/c1-3-44-27-16-14-25(31(38)33(27)40)19-4-6-20(7-5-19)26-15-17-28(34(41)32(26)39)45-35(43)22-10-8-21(9-11-22)24-13-12-23(18(2)42)29(36)30(24)37/h12-22,42H,3-11H2,1-2H3. The number of benzene rings is 3. The van der Waals surface area contributed by atoms with Gasteiger partial charge < -0.3 is 14.6 Å². The third-order valence-corrected chi connectivity index (χ3v) is 9.36. The highest BCUT2D eigenvalue weighted by molar-refractivity contribution is 5.75. The van der Waals surface area contributed by atoms with Gasteiger partial charge in [-0.2, -0.15) is 8.78 Å². The smallest absolute Gasteiger partial charge is 0.314 e. The van der Waals surface area contributed by atoms with E-state index < -0.39 is 58.6 Å². The predicted octanol–water partition coefficient (Wildman–Crippen LogP) is 9.29. The van der Waals surface area contributed by atoms with Crippen molar-refractivity contribution < 1.29 is 45.7 Å². The first kappa shape index (κ1) is 32.9. The molecule has 242 valence electrons. The Hall–Kier alpha value is -3.53. The SMILES string of the molecule is CCOc1ccc(C2CCC(c3ccc(OC(=O)C4CCC(c5ccc(C(C)O)c(F)c5F)CC4)c(F)c3F)CC2)c(F)c1F. The fourth-order valence-electron chi connectivity index (χ4n) is 6.83. The van der Waals surface area contributed by atoms with Gasteiger partial charge in [0.1, 0.15) is 0 Å². The van der Waals surface area contributed by atoms with Crippen molar-refractivity contribution in [2.45, 2.75) is 89.1 Å². The molecule has 0 heterocycles. The number of esters is 1. The molecule has 0 aromatic heterocycles. The van der Waals surface area contributed by atoms with Crippen LogP contribution >= 0.6 is 0 Å². The third kappa shape index (κ3) is 6.71. The lowest BCUT2D eigenvalue weighted by Gasteiger charge is -2.30. The molecule has 3 aromatic carbocycles. The molecule has 2 saturated carbocycles. The Bertz CT molecular complexity index is 1540. The molecule has 1 atom stereocenters. The van der Waals surface area contributed by atoms with Gasteiger partial charge in [-0.25, -0.2) is 17.6 Å². The van der Waals surface area contributed by atoms with E-state index in [9.17, 15) is 27.5 Å². The van der Waals surface area contributed by atoms with Crippen LogP contribution in [0.4, 0.5) is 26.3 Å². The zero-order valence-corrected chi connectivity index (χ0v) is 25.2. The summed E-state index contributed by atoms with van der Waals surface area (Å²) in [6.07, 6.45) is 1.97. The number of aliphatic hydroxyl groups is 1. The molecule has 0 spiro atoms. The van der Waals surface area contributed by atoms with Crippen LogP contribution in [0.3, 0.4) is 0 Å². The Morgan fingerprint density at radius 2 is 1.09 bits per heavy atom. The van der Waals surface area contributed by atoms with Gasteiger partial charge in [0.25, 0.3) is 0 Å². The van der Waals surface area contributed by atoms with Gasteiger partial charge in [0.05, 0.1) is 18.6 Å². The van der Waals surface area contributed by atoms with E-state index in [4.69, 9.17) is 9.47 Å². The Morgan fingerprint density at radius 3 is 1.58 bits per heavy atom. The van der Waals surface area contributed by atoms with Crippen LogP contribution in [0.15, 0.2) is 36.4 Å². The highest BCUT2D eigenvalue weighted by atomic mass is 19.2. The van der Waals surface area contributed by atoms with E-state index in [0.717, 1.165) is 0 Å². The van der Waals surface area contributed by atoms with Crippen LogP contribution in [0, 0.1) is 40.8 Å². The minimum Gasteiger partial charge on any atom is -0.491 e. The maximum absolute atomic E-state index is 15.2. The largest absolute Gasteiger partial charge is 0.491 e. The van der Waals surface area contributed by atoms with Crippen LogP contribution in [0.25, 0.3) is 0 Å². The molecule has 5 rings (SSSR count). The summed E-state index contributed by atoms with van der Waals surface area (Å²) >= 11 is 0. The number of ether oxygens (including phenoxy) is 2. The summed E-state index contributed by atoms with van der Waals surface area (Å²) < 4.78 is 98.8. The van der Waals surface area contributed by atoms with E-state index in [1.54, 1.807) is 6.92 Å². The number of aliphatic hydroxyl groups excluding tert-OH is 1. The van der Waals surface area contributed by atoms with Crippen molar-refractivity contribution >= 4 is 5.97 Å². The van der Waals surface area contributed by atoms with E-state index in [0.29, 0.717) is 51.4 Å². The molecule has 3 aromatic rings. The molecule has 0 radical (unpaired) electrons. The van der Waals surface area contributed by atoms with E-state index in [1.165, 1.54) is 43.3 Å². The summed E-state index contributed by atoms with van der Waals surface area (Å²) in [6.45, 7) is 3.23. The molecule has 2 fully saturated rings. The highest BCUT2D eigenvalue weighted by Crippen LogP contribution is 2.44. The molecule has 0 amide bonds. The molecule has 0 aliphatic heterocycles. The Morgan fingerprint density at radius 1 is 0.667 bits per heavy atom. The summed E-state index contributed by atoms with van der Waals surface area (Å²) in [7, 11) is 0. The second-order valence-electron chi connectivity index (χ2n) is 12.1. The second kappa shape index (κ2) is 13.8. The average molecular weight is 635 g/mol. The summed E-state index contributed by atoms with van der Waals surface area (Å²) in [5.74, 6) is -9.41. The van der Waals surface area contributed by atoms with Crippen LogP contribution in [0.2, 0.25) is 0 Å². The van der Waals surface area contributed by atoms with Crippen molar-refractivity contribution in [1.29, 1.82) is 0 Å². The van der Waals surface area contributed by atoms with Gasteiger partial charge in [-0.15, -0.1) is 0 Å². The number of hydrogen-bond donors (Lipinski definition) is 1. The molecular formula is C35H36F6O4. The lowest BCUT2D eigenvalue weighted by molar-refractivity contribution is -0.140. The fraction of sp³-hybridized carbons (Fsp3) is 0.457. The fourth-order valence-corrected chi connectivity index (χ4v) is 6.83. The van der Waals surface area contributed by atoms with Crippen LogP contribution in [-0.2, 0) is 4.79 Å². The zero-order valence-electron chi connectivity index (χ0n) is 25.2. The van der Waals surface area contributed by atoms with Gasteiger partial charge in [-0.05, 0) is 112 Å². The lowest BCUT2D eigenvalue weighted by atomic mass is 9.76.